The molecule has 0 fully saturated rings. The molecule has 0 aliphatic heterocycles. The van der Waals surface area contributed by atoms with Crippen LogP contribution in [-0.2, 0) is 17.5 Å². The number of nitrogens with two attached hydrogens (primary N) is 1. The number of alkyl halides is 3. The number of amides is 1. The van der Waals surface area contributed by atoms with Crippen molar-refractivity contribution in [3.05, 3.63) is 35.4 Å². The summed E-state index contributed by atoms with van der Waals surface area (Å²) in [6.07, 6.45) is -3.17. The van der Waals surface area contributed by atoms with Gasteiger partial charge in [0.25, 0.3) is 0 Å². The van der Waals surface area contributed by atoms with Crippen LogP contribution in [0, 0.1) is 0 Å². The highest BCUT2D eigenvalue weighted by Gasteiger charge is 2.32. The Morgan fingerprint density at radius 3 is 2.58 bits per heavy atom. The molecule has 6 heteroatoms. The Morgan fingerprint density at radius 1 is 1.37 bits per heavy atom. The molecule has 1 amide bonds. The lowest BCUT2D eigenvalue weighted by molar-refractivity contribution is -0.138. The van der Waals surface area contributed by atoms with Crippen LogP contribution in [0.1, 0.15) is 30.9 Å². The van der Waals surface area contributed by atoms with E-state index < -0.39 is 23.7 Å². The third-order valence-electron chi connectivity index (χ3n) is 2.71. The SMILES string of the molecule is CCCC(N)C(=O)NCc1ccccc1C(F)(F)F. The van der Waals surface area contributed by atoms with Gasteiger partial charge in [-0.1, -0.05) is 31.5 Å². The minimum absolute atomic E-state index is 0.0343. The molecule has 0 radical (unpaired) electrons. The maximum absolute atomic E-state index is 12.7. The predicted octanol–water partition coefficient (Wildman–Crippen LogP) is 2.45. The van der Waals surface area contributed by atoms with Gasteiger partial charge >= 0.3 is 6.18 Å². The van der Waals surface area contributed by atoms with Crippen LogP contribution >= 0.6 is 0 Å². The first-order valence-electron chi connectivity index (χ1n) is 6.04. The fourth-order valence-electron chi connectivity index (χ4n) is 1.71. The fourth-order valence-corrected chi connectivity index (χ4v) is 1.71. The lowest BCUT2D eigenvalue weighted by Gasteiger charge is -2.15. The number of carbonyl (C=O) groups is 1. The van der Waals surface area contributed by atoms with Gasteiger partial charge in [0, 0.05) is 6.54 Å². The minimum Gasteiger partial charge on any atom is -0.351 e. The summed E-state index contributed by atoms with van der Waals surface area (Å²) in [5, 5.41) is 2.43. The Bertz CT molecular complexity index is 432. The molecule has 0 aromatic heterocycles. The summed E-state index contributed by atoms with van der Waals surface area (Å²) in [6, 6.07) is 4.48. The van der Waals surface area contributed by atoms with E-state index in [1.807, 2.05) is 6.92 Å². The van der Waals surface area contributed by atoms with Crippen molar-refractivity contribution < 1.29 is 18.0 Å². The van der Waals surface area contributed by atoms with Crippen molar-refractivity contribution in [2.45, 2.75) is 38.5 Å². The van der Waals surface area contributed by atoms with E-state index in [2.05, 4.69) is 5.32 Å². The Morgan fingerprint density at radius 2 is 2.00 bits per heavy atom. The molecule has 0 aliphatic rings. The second kappa shape index (κ2) is 6.56. The topological polar surface area (TPSA) is 55.1 Å². The van der Waals surface area contributed by atoms with Crippen LogP contribution in [-0.4, -0.2) is 11.9 Å². The molecule has 0 heterocycles. The summed E-state index contributed by atoms with van der Waals surface area (Å²) >= 11 is 0. The molecule has 0 bridgehead atoms. The lowest BCUT2D eigenvalue weighted by Crippen LogP contribution is -2.40. The van der Waals surface area contributed by atoms with Crippen molar-refractivity contribution in [3.63, 3.8) is 0 Å². The van der Waals surface area contributed by atoms with Crippen molar-refractivity contribution in [1.29, 1.82) is 0 Å². The summed E-state index contributed by atoms with van der Waals surface area (Å²) in [5.41, 5.74) is 4.88. The summed E-state index contributed by atoms with van der Waals surface area (Å²) in [4.78, 5) is 11.5. The molecular weight excluding hydrogens is 257 g/mol. The van der Waals surface area contributed by atoms with E-state index in [1.165, 1.54) is 18.2 Å². The number of halogens is 3. The van der Waals surface area contributed by atoms with Gasteiger partial charge < -0.3 is 11.1 Å². The zero-order chi connectivity index (χ0) is 14.5. The van der Waals surface area contributed by atoms with Gasteiger partial charge in [0.05, 0.1) is 11.6 Å². The Balaban J connectivity index is 2.71. The summed E-state index contributed by atoms with van der Waals surface area (Å²) in [7, 11) is 0. The van der Waals surface area contributed by atoms with Gasteiger partial charge in [-0.15, -0.1) is 0 Å². The van der Waals surface area contributed by atoms with Crippen LogP contribution in [0.4, 0.5) is 13.2 Å². The molecule has 106 valence electrons. The highest BCUT2D eigenvalue weighted by Crippen LogP contribution is 2.31. The van der Waals surface area contributed by atoms with E-state index in [0.29, 0.717) is 6.42 Å². The van der Waals surface area contributed by atoms with Gasteiger partial charge in [-0.05, 0) is 18.1 Å². The third-order valence-corrected chi connectivity index (χ3v) is 2.71. The smallest absolute Gasteiger partial charge is 0.351 e. The third kappa shape index (κ3) is 4.55. The minimum atomic E-state index is -4.42. The molecule has 1 aromatic carbocycles. The van der Waals surface area contributed by atoms with Gasteiger partial charge in [0.2, 0.25) is 5.91 Å². The van der Waals surface area contributed by atoms with Crippen LogP contribution < -0.4 is 11.1 Å². The van der Waals surface area contributed by atoms with Crippen LogP contribution in [0.5, 0.6) is 0 Å². The van der Waals surface area contributed by atoms with Gasteiger partial charge in [0.15, 0.2) is 0 Å². The molecule has 0 spiro atoms. The standard InChI is InChI=1S/C13H17F3N2O/c1-2-5-11(17)12(19)18-8-9-6-3-4-7-10(9)13(14,15)16/h3-4,6-7,11H,2,5,8,17H2,1H3,(H,18,19). The molecule has 1 unspecified atom stereocenters. The lowest BCUT2D eigenvalue weighted by atomic mass is 10.1. The normalized spacial score (nSPS) is 13.1. The number of nitrogens with one attached hydrogen (secondary N) is 1. The van der Waals surface area contributed by atoms with E-state index in [9.17, 15) is 18.0 Å². The Hall–Kier alpha value is -1.56. The predicted molar refractivity (Wildman–Crippen MR) is 66.2 cm³/mol. The van der Waals surface area contributed by atoms with E-state index in [4.69, 9.17) is 5.73 Å². The quantitative estimate of drug-likeness (QED) is 0.866. The van der Waals surface area contributed by atoms with E-state index >= 15 is 0 Å². The largest absolute Gasteiger partial charge is 0.416 e. The van der Waals surface area contributed by atoms with Gasteiger partial charge in [-0.25, -0.2) is 0 Å². The first-order valence-corrected chi connectivity index (χ1v) is 6.04. The summed E-state index contributed by atoms with van der Waals surface area (Å²) in [5.74, 6) is -0.432. The second-order valence-corrected chi connectivity index (χ2v) is 4.27. The van der Waals surface area contributed by atoms with Crippen molar-refractivity contribution in [2.24, 2.45) is 5.73 Å². The van der Waals surface area contributed by atoms with Crippen LogP contribution in [0.3, 0.4) is 0 Å². The molecule has 1 atom stereocenters. The highest BCUT2D eigenvalue weighted by molar-refractivity contribution is 5.81. The molecule has 1 rings (SSSR count). The summed E-state index contributed by atoms with van der Waals surface area (Å²) < 4.78 is 38.1. The maximum atomic E-state index is 12.7. The van der Waals surface area contributed by atoms with Crippen molar-refractivity contribution in [3.8, 4) is 0 Å². The van der Waals surface area contributed by atoms with E-state index in [-0.39, 0.29) is 12.1 Å². The molecular formula is C13H17F3N2O. The van der Waals surface area contributed by atoms with Crippen molar-refractivity contribution >= 4 is 5.91 Å². The molecule has 3 N–H and O–H groups in total. The molecule has 0 saturated carbocycles. The molecule has 0 saturated heterocycles. The average Bonchev–Trinajstić information content (AvgIpc) is 2.35. The Labute approximate surface area is 110 Å². The number of hydrogen-bond acceptors (Lipinski definition) is 2. The molecule has 3 nitrogen and oxygen atoms in total. The molecule has 19 heavy (non-hydrogen) atoms. The van der Waals surface area contributed by atoms with Crippen molar-refractivity contribution in [2.75, 3.05) is 0 Å². The fraction of sp³-hybridized carbons (Fsp3) is 0.462. The van der Waals surface area contributed by atoms with Crippen LogP contribution in [0.25, 0.3) is 0 Å². The zero-order valence-corrected chi connectivity index (χ0v) is 10.6. The molecule has 1 aromatic rings. The Kier molecular flexibility index (Phi) is 5.35. The number of carbonyl (C=O) groups excluding carboxylic acids is 1. The van der Waals surface area contributed by atoms with E-state index in [0.717, 1.165) is 12.5 Å². The van der Waals surface area contributed by atoms with Gasteiger partial charge in [0.1, 0.15) is 0 Å². The van der Waals surface area contributed by atoms with Gasteiger partial charge in [-0.3, -0.25) is 4.79 Å². The number of rotatable bonds is 5. The highest BCUT2D eigenvalue weighted by atomic mass is 19.4. The number of benzene rings is 1. The second-order valence-electron chi connectivity index (χ2n) is 4.27. The van der Waals surface area contributed by atoms with Crippen LogP contribution in [0.15, 0.2) is 24.3 Å². The zero-order valence-electron chi connectivity index (χ0n) is 10.6. The van der Waals surface area contributed by atoms with E-state index in [1.54, 1.807) is 0 Å². The number of hydrogen-bond donors (Lipinski definition) is 2. The first kappa shape index (κ1) is 15.5. The monoisotopic (exact) mass is 274 g/mol. The average molecular weight is 274 g/mol. The van der Waals surface area contributed by atoms with Crippen LogP contribution in [0.2, 0.25) is 0 Å². The summed E-state index contributed by atoms with van der Waals surface area (Å²) in [6.45, 7) is 1.71. The maximum Gasteiger partial charge on any atom is 0.416 e. The van der Waals surface area contributed by atoms with Crippen molar-refractivity contribution in [1.82, 2.24) is 5.32 Å². The first-order chi connectivity index (χ1) is 8.86. The van der Waals surface area contributed by atoms with Gasteiger partial charge in [-0.2, -0.15) is 13.2 Å². The molecule has 0 aliphatic carbocycles.